The number of aliphatic hydroxyl groups is 1. The average molecular weight is 358 g/mol. The molecule has 0 radical (unpaired) electrons. The van der Waals surface area contributed by atoms with Gasteiger partial charge in [-0.2, -0.15) is 0 Å². The van der Waals surface area contributed by atoms with Crippen molar-refractivity contribution in [2.24, 2.45) is 0 Å². The van der Waals surface area contributed by atoms with Gasteiger partial charge in [0.05, 0.1) is 29.7 Å². The molecule has 4 heterocycles. The summed E-state index contributed by atoms with van der Waals surface area (Å²) >= 11 is 1.60. The number of likely N-dealkylation sites (tertiary alicyclic amines) is 1. The summed E-state index contributed by atoms with van der Waals surface area (Å²) in [4.78, 5) is 27.7. The van der Waals surface area contributed by atoms with Crippen LogP contribution in [-0.2, 0) is 6.54 Å². The van der Waals surface area contributed by atoms with Crippen molar-refractivity contribution >= 4 is 22.2 Å². The standard InChI is InChI=1S/C16H18N6O2S/c1-10-13(22-4-5-25-16(22)19-10)8-21-7-12(14(23)9-21)20-15(24)11-6-17-2-3-18-11/h2-6,12,14,23H,7-9H2,1H3,(H,20,24)/t12-,14-/m1/s1. The number of aromatic nitrogens is 4. The van der Waals surface area contributed by atoms with E-state index in [-0.39, 0.29) is 17.6 Å². The van der Waals surface area contributed by atoms with Crippen molar-refractivity contribution < 1.29 is 9.90 Å². The lowest BCUT2D eigenvalue weighted by Gasteiger charge is -2.16. The highest BCUT2D eigenvalue weighted by Crippen LogP contribution is 2.21. The van der Waals surface area contributed by atoms with Crippen molar-refractivity contribution in [3.8, 4) is 0 Å². The van der Waals surface area contributed by atoms with Gasteiger partial charge in [-0.15, -0.1) is 11.3 Å². The summed E-state index contributed by atoms with van der Waals surface area (Å²) in [6.07, 6.45) is 5.79. The van der Waals surface area contributed by atoms with Gasteiger partial charge < -0.3 is 10.4 Å². The molecule has 0 aliphatic carbocycles. The number of fused-ring (bicyclic) bond motifs is 1. The number of nitrogens with zero attached hydrogens (tertiary/aromatic N) is 5. The topological polar surface area (TPSA) is 95.7 Å². The number of nitrogens with one attached hydrogen (secondary N) is 1. The molecule has 1 fully saturated rings. The monoisotopic (exact) mass is 358 g/mol. The van der Waals surface area contributed by atoms with Gasteiger partial charge in [0.2, 0.25) is 0 Å². The minimum Gasteiger partial charge on any atom is -0.390 e. The van der Waals surface area contributed by atoms with Crippen LogP contribution in [0.3, 0.4) is 0 Å². The van der Waals surface area contributed by atoms with Crippen LogP contribution in [-0.4, -0.2) is 60.5 Å². The van der Waals surface area contributed by atoms with Crippen LogP contribution in [0.5, 0.6) is 0 Å². The van der Waals surface area contributed by atoms with Crippen LogP contribution in [0.1, 0.15) is 21.9 Å². The molecule has 0 unspecified atom stereocenters. The lowest BCUT2D eigenvalue weighted by atomic mass is 10.2. The van der Waals surface area contributed by atoms with E-state index in [1.807, 2.05) is 18.5 Å². The molecule has 1 amide bonds. The number of amides is 1. The fourth-order valence-corrected chi connectivity index (χ4v) is 3.92. The van der Waals surface area contributed by atoms with Crippen LogP contribution in [0.25, 0.3) is 4.96 Å². The Kier molecular flexibility index (Phi) is 4.20. The first-order valence-corrected chi connectivity index (χ1v) is 8.88. The predicted molar refractivity (Wildman–Crippen MR) is 92.4 cm³/mol. The Bertz CT molecular complexity index is 893. The first-order chi connectivity index (χ1) is 12.1. The van der Waals surface area contributed by atoms with Crippen LogP contribution in [0.15, 0.2) is 30.2 Å². The fourth-order valence-electron chi connectivity index (χ4n) is 3.14. The van der Waals surface area contributed by atoms with E-state index >= 15 is 0 Å². The molecule has 0 bridgehead atoms. The zero-order chi connectivity index (χ0) is 17.4. The Hall–Kier alpha value is -2.36. The third kappa shape index (κ3) is 3.13. The fraction of sp³-hybridized carbons (Fsp3) is 0.375. The van der Waals surface area contributed by atoms with Gasteiger partial charge in [0.15, 0.2) is 4.96 Å². The highest BCUT2D eigenvalue weighted by molar-refractivity contribution is 7.15. The highest BCUT2D eigenvalue weighted by Gasteiger charge is 2.33. The molecule has 1 saturated heterocycles. The second kappa shape index (κ2) is 6.51. The van der Waals surface area contributed by atoms with Gasteiger partial charge in [0.25, 0.3) is 5.91 Å². The zero-order valence-corrected chi connectivity index (χ0v) is 14.5. The van der Waals surface area contributed by atoms with Crippen molar-refractivity contribution in [2.75, 3.05) is 13.1 Å². The van der Waals surface area contributed by atoms with E-state index in [0.717, 1.165) is 16.3 Å². The number of carbonyl (C=O) groups is 1. The predicted octanol–water partition coefficient (Wildman–Crippen LogP) is 0.469. The summed E-state index contributed by atoms with van der Waals surface area (Å²) < 4.78 is 2.08. The third-order valence-electron chi connectivity index (χ3n) is 4.41. The van der Waals surface area contributed by atoms with Gasteiger partial charge in [-0.05, 0) is 6.92 Å². The molecule has 8 nitrogen and oxygen atoms in total. The summed E-state index contributed by atoms with van der Waals surface area (Å²) in [7, 11) is 0. The number of carbonyl (C=O) groups excluding carboxylic acids is 1. The van der Waals surface area contributed by atoms with E-state index < -0.39 is 6.10 Å². The number of rotatable bonds is 4. The first kappa shape index (κ1) is 16.1. The van der Waals surface area contributed by atoms with E-state index in [4.69, 9.17) is 0 Å². The van der Waals surface area contributed by atoms with E-state index in [0.29, 0.717) is 19.6 Å². The Labute approximate surface area is 148 Å². The second-order valence-electron chi connectivity index (χ2n) is 6.13. The van der Waals surface area contributed by atoms with Gasteiger partial charge in [-0.1, -0.05) is 0 Å². The number of β-amino-alcohol motifs (C(OH)–C–C–N with tert-alkyl or cyclic N) is 1. The van der Waals surface area contributed by atoms with Crippen molar-refractivity contribution in [1.29, 1.82) is 0 Å². The normalized spacial score (nSPS) is 21.0. The molecule has 130 valence electrons. The smallest absolute Gasteiger partial charge is 0.271 e. The summed E-state index contributed by atoms with van der Waals surface area (Å²) in [5.74, 6) is -0.320. The minimum absolute atomic E-state index is 0.250. The summed E-state index contributed by atoms with van der Waals surface area (Å²) in [5, 5.41) is 15.2. The van der Waals surface area contributed by atoms with Crippen LogP contribution in [0.2, 0.25) is 0 Å². The van der Waals surface area contributed by atoms with Gasteiger partial charge in [-0.25, -0.2) is 9.97 Å². The molecule has 4 rings (SSSR count). The summed E-state index contributed by atoms with van der Waals surface area (Å²) in [6.45, 7) is 3.75. The molecule has 0 aromatic carbocycles. The lowest BCUT2D eigenvalue weighted by molar-refractivity contribution is 0.0883. The maximum absolute atomic E-state index is 12.2. The van der Waals surface area contributed by atoms with Gasteiger partial charge >= 0.3 is 0 Å². The molecule has 1 aliphatic rings. The minimum atomic E-state index is -0.619. The molecule has 0 saturated carbocycles. The van der Waals surface area contributed by atoms with Crippen LogP contribution in [0.4, 0.5) is 0 Å². The van der Waals surface area contributed by atoms with Crippen molar-refractivity contribution in [3.63, 3.8) is 0 Å². The van der Waals surface area contributed by atoms with Gasteiger partial charge in [0.1, 0.15) is 5.69 Å². The molecular formula is C16H18N6O2S. The maximum atomic E-state index is 12.2. The molecular weight excluding hydrogens is 340 g/mol. The number of aliphatic hydroxyl groups excluding tert-OH is 1. The molecule has 2 N–H and O–H groups in total. The second-order valence-corrected chi connectivity index (χ2v) is 7.00. The Balaban J connectivity index is 1.43. The Morgan fingerprint density at radius 3 is 3.12 bits per heavy atom. The number of hydrogen-bond acceptors (Lipinski definition) is 7. The molecule has 1 aliphatic heterocycles. The van der Waals surface area contributed by atoms with Crippen molar-refractivity contribution in [1.82, 2.24) is 29.6 Å². The van der Waals surface area contributed by atoms with E-state index in [9.17, 15) is 9.90 Å². The summed E-state index contributed by atoms with van der Waals surface area (Å²) in [5.41, 5.74) is 2.36. The number of hydrogen-bond donors (Lipinski definition) is 2. The highest BCUT2D eigenvalue weighted by atomic mass is 32.1. The van der Waals surface area contributed by atoms with Crippen molar-refractivity contribution in [2.45, 2.75) is 25.6 Å². The Morgan fingerprint density at radius 2 is 2.32 bits per heavy atom. The first-order valence-electron chi connectivity index (χ1n) is 8.00. The third-order valence-corrected chi connectivity index (χ3v) is 5.17. The van der Waals surface area contributed by atoms with Gasteiger partial charge in [-0.3, -0.25) is 19.1 Å². The quantitative estimate of drug-likeness (QED) is 0.704. The van der Waals surface area contributed by atoms with Crippen LogP contribution >= 0.6 is 11.3 Å². The molecule has 2 atom stereocenters. The van der Waals surface area contributed by atoms with E-state index in [1.165, 1.54) is 18.6 Å². The molecule has 3 aromatic heterocycles. The van der Waals surface area contributed by atoms with E-state index in [1.54, 1.807) is 11.3 Å². The molecule has 25 heavy (non-hydrogen) atoms. The maximum Gasteiger partial charge on any atom is 0.271 e. The molecule has 0 spiro atoms. The number of thiazole rings is 1. The van der Waals surface area contributed by atoms with E-state index in [2.05, 4.69) is 29.6 Å². The van der Waals surface area contributed by atoms with Crippen molar-refractivity contribution in [3.05, 3.63) is 47.2 Å². The summed E-state index contributed by atoms with van der Waals surface area (Å²) in [6, 6.07) is -0.333. The van der Waals surface area contributed by atoms with Crippen LogP contribution in [0, 0.1) is 6.92 Å². The van der Waals surface area contributed by atoms with Crippen LogP contribution < -0.4 is 5.32 Å². The lowest BCUT2D eigenvalue weighted by Crippen LogP contribution is -2.43. The SMILES string of the molecule is Cc1nc2sccn2c1CN1C[C@@H](O)[C@H](NC(=O)c2cnccn2)C1. The Morgan fingerprint density at radius 1 is 1.44 bits per heavy atom. The number of aryl methyl sites for hydroxylation is 1. The average Bonchev–Trinajstić information content (AvgIpc) is 3.27. The van der Waals surface area contributed by atoms with Gasteiger partial charge in [0, 0.05) is 43.6 Å². The zero-order valence-electron chi connectivity index (χ0n) is 13.7. The molecule has 9 heteroatoms. The largest absolute Gasteiger partial charge is 0.390 e. The number of imidazole rings is 1. The molecule has 3 aromatic rings.